The van der Waals surface area contributed by atoms with Crippen LogP contribution in [0, 0.1) is 0 Å². The molecule has 0 unspecified atom stereocenters. The first-order valence-corrected chi connectivity index (χ1v) is 6.35. The van der Waals surface area contributed by atoms with Crippen molar-refractivity contribution >= 4 is 11.9 Å². The molecular weight excluding hydrogens is 262 g/mol. The fourth-order valence-corrected chi connectivity index (χ4v) is 2.48. The van der Waals surface area contributed by atoms with Gasteiger partial charge in [0.05, 0.1) is 19.8 Å². The highest BCUT2D eigenvalue weighted by atomic mass is 16.5. The van der Waals surface area contributed by atoms with Gasteiger partial charge in [0.15, 0.2) is 11.5 Å². The summed E-state index contributed by atoms with van der Waals surface area (Å²) < 4.78 is 10.4. The molecule has 0 aliphatic carbocycles. The molecule has 1 saturated heterocycles. The molecule has 6 nitrogen and oxygen atoms in total. The summed E-state index contributed by atoms with van der Waals surface area (Å²) in [7, 11) is 2.94. The highest BCUT2D eigenvalue weighted by molar-refractivity contribution is 6.00. The van der Waals surface area contributed by atoms with E-state index < -0.39 is 12.0 Å². The van der Waals surface area contributed by atoms with Gasteiger partial charge in [0.25, 0.3) is 5.91 Å². The number of aliphatic carboxylic acids is 1. The van der Waals surface area contributed by atoms with Crippen LogP contribution in [0.25, 0.3) is 0 Å². The first-order chi connectivity index (χ1) is 9.60. The molecule has 0 saturated carbocycles. The summed E-state index contributed by atoms with van der Waals surface area (Å²) in [6.07, 6.45) is 1.17. The third-order valence-corrected chi connectivity index (χ3v) is 3.43. The number of nitrogens with zero attached hydrogens (tertiary/aromatic N) is 1. The molecule has 0 aromatic heterocycles. The molecule has 1 heterocycles. The van der Waals surface area contributed by atoms with Crippen LogP contribution in [0.5, 0.6) is 11.5 Å². The van der Waals surface area contributed by atoms with Crippen LogP contribution in [0.4, 0.5) is 0 Å². The molecule has 1 aliphatic rings. The lowest BCUT2D eigenvalue weighted by Crippen LogP contribution is -2.40. The number of carboxylic acid groups (broad SMARTS) is 1. The number of likely N-dealkylation sites (tertiary alicyclic amines) is 1. The molecule has 0 bridgehead atoms. The predicted molar refractivity (Wildman–Crippen MR) is 71.2 cm³/mol. The van der Waals surface area contributed by atoms with Gasteiger partial charge in [-0.05, 0) is 25.0 Å². The van der Waals surface area contributed by atoms with Gasteiger partial charge in [0, 0.05) is 6.54 Å². The molecule has 1 aromatic carbocycles. The van der Waals surface area contributed by atoms with Gasteiger partial charge in [0.1, 0.15) is 6.04 Å². The van der Waals surface area contributed by atoms with E-state index in [4.69, 9.17) is 14.6 Å². The molecule has 0 spiro atoms. The number of hydrogen-bond donors (Lipinski definition) is 1. The summed E-state index contributed by atoms with van der Waals surface area (Å²) in [6.45, 7) is 0.441. The first kappa shape index (κ1) is 14.2. The van der Waals surface area contributed by atoms with Crippen LogP contribution >= 0.6 is 0 Å². The Hall–Kier alpha value is -2.24. The van der Waals surface area contributed by atoms with Gasteiger partial charge in [-0.25, -0.2) is 4.79 Å². The minimum atomic E-state index is -0.974. The Kier molecular flexibility index (Phi) is 4.12. The van der Waals surface area contributed by atoms with Crippen molar-refractivity contribution in [1.82, 2.24) is 4.90 Å². The van der Waals surface area contributed by atoms with Crippen LogP contribution in [0.2, 0.25) is 0 Å². The summed E-state index contributed by atoms with van der Waals surface area (Å²) in [5.41, 5.74) is 0.319. The van der Waals surface area contributed by atoms with Gasteiger partial charge >= 0.3 is 5.97 Å². The zero-order valence-corrected chi connectivity index (χ0v) is 11.5. The average Bonchev–Trinajstić information content (AvgIpc) is 2.95. The third-order valence-electron chi connectivity index (χ3n) is 3.43. The van der Waals surface area contributed by atoms with E-state index in [0.29, 0.717) is 36.4 Å². The average molecular weight is 279 g/mol. The largest absolute Gasteiger partial charge is 0.493 e. The van der Waals surface area contributed by atoms with Crippen LogP contribution in [0.3, 0.4) is 0 Å². The van der Waals surface area contributed by atoms with Crippen molar-refractivity contribution in [2.24, 2.45) is 0 Å². The number of amides is 1. The van der Waals surface area contributed by atoms with Gasteiger partial charge in [0.2, 0.25) is 0 Å². The van der Waals surface area contributed by atoms with Gasteiger partial charge in [-0.3, -0.25) is 4.79 Å². The number of carbonyl (C=O) groups is 2. The number of para-hydroxylation sites is 1. The fourth-order valence-electron chi connectivity index (χ4n) is 2.48. The summed E-state index contributed by atoms with van der Waals surface area (Å²) in [5, 5.41) is 9.16. The zero-order chi connectivity index (χ0) is 14.7. The number of benzene rings is 1. The predicted octanol–water partition coefficient (Wildman–Crippen LogP) is 1.39. The summed E-state index contributed by atoms with van der Waals surface area (Å²) >= 11 is 0. The van der Waals surface area contributed by atoms with E-state index >= 15 is 0 Å². The molecule has 6 heteroatoms. The molecule has 108 valence electrons. The summed E-state index contributed by atoms with van der Waals surface area (Å²) in [4.78, 5) is 25.1. The standard InChI is InChI=1S/C14H17NO5/c1-19-11-7-3-5-9(12(11)20-2)13(16)15-8-4-6-10(15)14(17)18/h3,5,7,10H,4,6,8H2,1-2H3,(H,17,18)/t10-/m1/s1. The van der Waals surface area contributed by atoms with Gasteiger partial charge in [-0.15, -0.1) is 0 Å². The first-order valence-electron chi connectivity index (χ1n) is 6.35. The van der Waals surface area contributed by atoms with E-state index in [1.165, 1.54) is 19.1 Å². The molecule has 1 N–H and O–H groups in total. The Labute approximate surface area is 116 Å². The smallest absolute Gasteiger partial charge is 0.326 e. The maximum Gasteiger partial charge on any atom is 0.326 e. The number of ether oxygens (including phenoxy) is 2. The van der Waals surface area contributed by atoms with Crippen molar-refractivity contribution < 1.29 is 24.2 Å². The number of hydrogen-bond acceptors (Lipinski definition) is 4. The Morgan fingerprint density at radius 1 is 1.30 bits per heavy atom. The van der Waals surface area contributed by atoms with Crippen molar-refractivity contribution in [3.8, 4) is 11.5 Å². The highest BCUT2D eigenvalue weighted by Gasteiger charge is 2.35. The van der Waals surface area contributed by atoms with Crippen molar-refractivity contribution in [2.75, 3.05) is 20.8 Å². The van der Waals surface area contributed by atoms with Gasteiger partial charge < -0.3 is 19.5 Å². The number of carboxylic acids is 1. The summed E-state index contributed by atoms with van der Waals surface area (Å²) in [6, 6.07) is 4.22. The van der Waals surface area contributed by atoms with E-state index in [2.05, 4.69) is 0 Å². The topological polar surface area (TPSA) is 76.1 Å². The van der Waals surface area contributed by atoms with Crippen LogP contribution in [0.15, 0.2) is 18.2 Å². The van der Waals surface area contributed by atoms with E-state index in [1.54, 1.807) is 18.2 Å². The molecule has 1 fully saturated rings. The number of carbonyl (C=O) groups excluding carboxylic acids is 1. The molecule has 20 heavy (non-hydrogen) atoms. The molecule has 1 atom stereocenters. The third kappa shape index (κ3) is 2.41. The minimum Gasteiger partial charge on any atom is -0.493 e. The van der Waals surface area contributed by atoms with Gasteiger partial charge in [-0.2, -0.15) is 0 Å². The maximum absolute atomic E-state index is 12.5. The van der Waals surface area contributed by atoms with Crippen molar-refractivity contribution in [3.63, 3.8) is 0 Å². The molecular formula is C14H17NO5. The lowest BCUT2D eigenvalue weighted by Gasteiger charge is -2.22. The SMILES string of the molecule is COc1cccc(C(=O)N2CCC[C@@H]2C(=O)O)c1OC. The maximum atomic E-state index is 12.5. The van der Waals surface area contributed by atoms with Crippen LogP contribution < -0.4 is 9.47 Å². The van der Waals surface area contributed by atoms with E-state index in [9.17, 15) is 9.59 Å². The Morgan fingerprint density at radius 3 is 2.65 bits per heavy atom. The Bertz CT molecular complexity index is 528. The van der Waals surface area contributed by atoms with E-state index in [-0.39, 0.29) is 5.91 Å². The highest BCUT2D eigenvalue weighted by Crippen LogP contribution is 2.33. The molecule has 1 aliphatic heterocycles. The monoisotopic (exact) mass is 279 g/mol. The lowest BCUT2D eigenvalue weighted by atomic mass is 10.1. The molecule has 0 radical (unpaired) electrons. The molecule has 1 amide bonds. The molecule has 1 aromatic rings. The van der Waals surface area contributed by atoms with Crippen molar-refractivity contribution in [1.29, 1.82) is 0 Å². The van der Waals surface area contributed by atoms with Crippen LogP contribution in [-0.4, -0.2) is 48.7 Å². The number of methoxy groups -OCH3 is 2. The molecule has 2 rings (SSSR count). The van der Waals surface area contributed by atoms with Crippen molar-refractivity contribution in [3.05, 3.63) is 23.8 Å². The fraction of sp³-hybridized carbons (Fsp3) is 0.429. The van der Waals surface area contributed by atoms with E-state index in [0.717, 1.165) is 0 Å². The van der Waals surface area contributed by atoms with Gasteiger partial charge in [-0.1, -0.05) is 6.07 Å². The lowest BCUT2D eigenvalue weighted by molar-refractivity contribution is -0.141. The van der Waals surface area contributed by atoms with Crippen molar-refractivity contribution in [2.45, 2.75) is 18.9 Å². The second kappa shape index (κ2) is 5.81. The Balaban J connectivity index is 2.36. The second-order valence-electron chi connectivity index (χ2n) is 4.54. The Morgan fingerprint density at radius 2 is 2.05 bits per heavy atom. The number of rotatable bonds is 4. The normalized spacial score (nSPS) is 17.9. The van der Waals surface area contributed by atoms with Crippen LogP contribution in [-0.2, 0) is 4.79 Å². The summed E-state index contributed by atoms with van der Waals surface area (Å²) in [5.74, 6) is -0.538. The van der Waals surface area contributed by atoms with E-state index in [1.807, 2.05) is 0 Å². The second-order valence-corrected chi connectivity index (χ2v) is 4.54. The zero-order valence-electron chi connectivity index (χ0n) is 11.5. The quantitative estimate of drug-likeness (QED) is 0.901. The minimum absolute atomic E-state index is 0.319. The van der Waals surface area contributed by atoms with Crippen LogP contribution in [0.1, 0.15) is 23.2 Å².